The second kappa shape index (κ2) is 10.1. The molecule has 5 nitrogen and oxygen atoms in total. The Balaban J connectivity index is 1.93. The fraction of sp³-hybridized carbons (Fsp3) is 0.240. The Morgan fingerprint density at radius 2 is 1.59 bits per heavy atom. The summed E-state index contributed by atoms with van der Waals surface area (Å²) in [5.74, 6) is -0.826. The first-order chi connectivity index (χ1) is 15.2. The minimum absolute atomic E-state index is 0.108. The van der Waals surface area contributed by atoms with Crippen molar-refractivity contribution in [1.82, 2.24) is 4.72 Å². The van der Waals surface area contributed by atoms with Crippen LogP contribution in [0.1, 0.15) is 36.5 Å². The minimum atomic E-state index is -4.05. The second-order valence-corrected chi connectivity index (χ2v) is 9.71. The number of para-hydroxylation sites is 1. The maximum Gasteiger partial charge on any atom is 0.242 e. The van der Waals surface area contributed by atoms with Gasteiger partial charge in [0.25, 0.3) is 0 Å². The number of aryl methyl sites for hydroxylation is 1. The van der Waals surface area contributed by atoms with E-state index in [1.807, 2.05) is 69.3 Å². The molecule has 0 fully saturated rings. The number of rotatable bonds is 8. The van der Waals surface area contributed by atoms with Gasteiger partial charge in [-0.15, -0.1) is 0 Å². The Labute approximate surface area is 188 Å². The topological polar surface area (TPSA) is 75.3 Å². The van der Waals surface area contributed by atoms with Crippen molar-refractivity contribution >= 4 is 21.6 Å². The fourth-order valence-electron chi connectivity index (χ4n) is 3.46. The molecule has 0 saturated carbocycles. The van der Waals surface area contributed by atoms with Crippen molar-refractivity contribution in [3.63, 3.8) is 0 Å². The van der Waals surface area contributed by atoms with Crippen LogP contribution in [0.15, 0.2) is 77.7 Å². The van der Waals surface area contributed by atoms with Crippen LogP contribution in [0.25, 0.3) is 0 Å². The molecule has 3 rings (SSSR count). The van der Waals surface area contributed by atoms with Crippen LogP contribution in [-0.4, -0.2) is 20.4 Å². The molecule has 0 aliphatic heterocycles. The molecule has 0 aliphatic carbocycles. The lowest BCUT2D eigenvalue weighted by molar-refractivity contribution is -0.117. The Hall–Kier alpha value is -3.03. The highest BCUT2D eigenvalue weighted by molar-refractivity contribution is 7.89. The van der Waals surface area contributed by atoms with Gasteiger partial charge < -0.3 is 5.32 Å². The van der Waals surface area contributed by atoms with E-state index in [9.17, 15) is 17.6 Å². The first kappa shape index (κ1) is 23.6. The molecule has 2 N–H and O–H groups in total. The largest absolute Gasteiger partial charge is 0.324 e. The van der Waals surface area contributed by atoms with E-state index in [2.05, 4.69) is 10.0 Å². The van der Waals surface area contributed by atoms with Gasteiger partial charge in [-0.3, -0.25) is 4.79 Å². The third-order valence-electron chi connectivity index (χ3n) is 5.20. The van der Waals surface area contributed by atoms with Crippen molar-refractivity contribution in [2.45, 2.75) is 44.0 Å². The van der Waals surface area contributed by atoms with E-state index >= 15 is 0 Å². The summed E-state index contributed by atoms with van der Waals surface area (Å²) in [6.07, 6.45) is 0.163. The molecule has 32 heavy (non-hydrogen) atoms. The number of carbonyl (C=O) groups is 1. The summed E-state index contributed by atoms with van der Waals surface area (Å²) < 4.78 is 41.6. The molecule has 168 valence electrons. The normalized spacial score (nSPS) is 12.5. The third-order valence-corrected chi connectivity index (χ3v) is 6.68. The van der Waals surface area contributed by atoms with E-state index in [0.29, 0.717) is 5.69 Å². The van der Waals surface area contributed by atoms with Crippen LogP contribution in [0.3, 0.4) is 0 Å². The number of carbonyl (C=O) groups excluding carboxylic acids is 1. The second-order valence-electron chi connectivity index (χ2n) is 8.00. The maximum atomic E-state index is 13.3. The zero-order valence-corrected chi connectivity index (χ0v) is 19.1. The van der Waals surface area contributed by atoms with E-state index < -0.39 is 27.8 Å². The van der Waals surface area contributed by atoms with Gasteiger partial charge in [-0.25, -0.2) is 12.8 Å². The average Bonchev–Trinajstić information content (AvgIpc) is 2.75. The molecule has 1 atom stereocenters. The van der Waals surface area contributed by atoms with Gasteiger partial charge in [-0.2, -0.15) is 4.72 Å². The molecule has 0 saturated heterocycles. The summed E-state index contributed by atoms with van der Waals surface area (Å²) in [6, 6.07) is 18.4. The lowest BCUT2D eigenvalue weighted by Gasteiger charge is -2.22. The van der Waals surface area contributed by atoms with Gasteiger partial charge in [0, 0.05) is 5.69 Å². The number of anilines is 1. The number of hydrogen-bond acceptors (Lipinski definition) is 3. The van der Waals surface area contributed by atoms with Crippen LogP contribution < -0.4 is 10.0 Å². The Morgan fingerprint density at radius 3 is 2.22 bits per heavy atom. The zero-order chi connectivity index (χ0) is 23.3. The molecule has 0 aromatic heterocycles. The smallest absolute Gasteiger partial charge is 0.242 e. The standard InChI is InChI=1S/C25H27FN2O3S/c1-17(2)22-11-7-8-18(3)24(22)27-25(29)23(16-19-9-5-4-6-10-19)28-32(30,31)21-14-12-20(26)13-15-21/h4-15,17,23,28H,16H2,1-3H3,(H,27,29). The average molecular weight is 455 g/mol. The van der Waals surface area contributed by atoms with E-state index in [1.165, 1.54) is 12.1 Å². The lowest BCUT2D eigenvalue weighted by atomic mass is 9.97. The third kappa shape index (κ3) is 5.81. The summed E-state index contributed by atoms with van der Waals surface area (Å²) in [5, 5.41) is 2.94. The number of benzene rings is 3. The van der Waals surface area contributed by atoms with Crippen molar-refractivity contribution < 1.29 is 17.6 Å². The first-order valence-corrected chi connectivity index (χ1v) is 11.9. The van der Waals surface area contributed by atoms with Crippen LogP contribution in [0, 0.1) is 12.7 Å². The van der Waals surface area contributed by atoms with Crippen molar-refractivity contribution in [2.24, 2.45) is 0 Å². The molecule has 1 amide bonds. The van der Waals surface area contributed by atoms with Crippen molar-refractivity contribution in [2.75, 3.05) is 5.32 Å². The molecule has 0 aliphatic rings. The van der Waals surface area contributed by atoms with Crippen LogP contribution in [-0.2, 0) is 21.2 Å². The highest BCUT2D eigenvalue weighted by Crippen LogP contribution is 2.27. The lowest BCUT2D eigenvalue weighted by Crippen LogP contribution is -2.45. The van der Waals surface area contributed by atoms with Gasteiger partial charge in [-0.05, 0) is 60.2 Å². The molecule has 3 aromatic carbocycles. The van der Waals surface area contributed by atoms with Gasteiger partial charge in [0.1, 0.15) is 11.9 Å². The highest BCUT2D eigenvalue weighted by Gasteiger charge is 2.27. The molecule has 3 aromatic rings. The van der Waals surface area contributed by atoms with Crippen molar-refractivity contribution in [3.8, 4) is 0 Å². The molecule has 0 heterocycles. The van der Waals surface area contributed by atoms with Gasteiger partial charge in [0.2, 0.25) is 15.9 Å². The van der Waals surface area contributed by atoms with Gasteiger partial charge in [-0.1, -0.05) is 62.4 Å². The SMILES string of the molecule is Cc1cccc(C(C)C)c1NC(=O)C(Cc1ccccc1)NS(=O)(=O)c1ccc(F)cc1. The van der Waals surface area contributed by atoms with Crippen LogP contribution in [0.5, 0.6) is 0 Å². The highest BCUT2D eigenvalue weighted by atomic mass is 32.2. The fourth-order valence-corrected chi connectivity index (χ4v) is 4.65. The minimum Gasteiger partial charge on any atom is -0.324 e. The van der Waals surface area contributed by atoms with Crippen molar-refractivity contribution in [3.05, 3.63) is 95.3 Å². The maximum absolute atomic E-state index is 13.3. The monoisotopic (exact) mass is 454 g/mol. The van der Waals surface area contributed by atoms with Crippen LogP contribution >= 0.6 is 0 Å². The summed E-state index contributed by atoms with van der Waals surface area (Å²) >= 11 is 0. The summed E-state index contributed by atoms with van der Waals surface area (Å²) in [5.41, 5.74) is 3.36. The quantitative estimate of drug-likeness (QED) is 0.514. The molecule has 0 radical (unpaired) electrons. The predicted molar refractivity (Wildman–Crippen MR) is 125 cm³/mol. The Morgan fingerprint density at radius 1 is 0.938 bits per heavy atom. The Kier molecular flexibility index (Phi) is 7.43. The summed E-state index contributed by atoms with van der Waals surface area (Å²) in [7, 11) is -4.05. The number of halogens is 1. The van der Waals surface area contributed by atoms with E-state index in [0.717, 1.165) is 28.8 Å². The molecule has 0 bridgehead atoms. The van der Waals surface area contributed by atoms with Gasteiger partial charge in [0.15, 0.2) is 0 Å². The van der Waals surface area contributed by atoms with Gasteiger partial charge >= 0.3 is 0 Å². The number of amides is 1. The molecular weight excluding hydrogens is 427 g/mol. The molecular formula is C25H27FN2O3S. The number of sulfonamides is 1. The van der Waals surface area contributed by atoms with E-state index in [-0.39, 0.29) is 17.2 Å². The summed E-state index contributed by atoms with van der Waals surface area (Å²) in [6.45, 7) is 5.96. The molecule has 1 unspecified atom stereocenters. The Bertz CT molecular complexity index is 1180. The number of hydrogen-bond donors (Lipinski definition) is 2. The molecule has 0 spiro atoms. The van der Waals surface area contributed by atoms with Crippen molar-refractivity contribution in [1.29, 1.82) is 0 Å². The van der Waals surface area contributed by atoms with E-state index in [4.69, 9.17) is 0 Å². The molecule has 7 heteroatoms. The zero-order valence-electron chi connectivity index (χ0n) is 18.3. The first-order valence-electron chi connectivity index (χ1n) is 10.4. The number of nitrogens with one attached hydrogen (secondary N) is 2. The van der Waals surface area contributed by atoms with Crippen LogP contribution in [0.2, 0.25) is 0 Å². The van der Waals surface area contributed by atoms with E-state index in [1.54, 1.807) is 0 Å². The summed E-state index contributed by atoms with van der Waals surface area (Å²) in [4.78, 5) is 13.2. The van der Waals surface area contributed by atoms with Crippen LogP contribution in [0.4, 0.5) is 10.1 Å². The predicted octanol–water partition coefficient (Wildman–Crippen LogP) is 4.79. The van der Waals surface area contributed by atoms with Gasteiger partial charge in [0.05, 0.1) is 4.90 Å².